The molecular weight excluding hydrogens is 673 g/mol. The van der Waals surface area contributed by atoms with Crippen molar-refractivity contribution >= 4 is 32.7 Å². The number of ether oxygens (including phenoxy) is 3. The van der Waals surface area contributed by atoms with Crippen molar-refractivity contribution in [1.82, 2.24) is 14.6 Å². The van der Waals surface area contributed by atoms with E-state index < -0.39 is 34.4 Å². The Morgan fingerprint density at radius 1 is 1.08 bits per heavy atom. The fraction of sp³-hybridized carbons (Fsp3) is 0.579. The van der Waals surface area contributed by atoms with Gasteiger partial charge < -0.3 is 34.7 Å². The van der Waals surface area contributed by atoms with Crippen molar-refractivity contribution in [3.8, 4) is 5.88 Å². The van der Waals surface area contributed by atoms with Crippen molar-refractivity contribution in [3.05, 3.63) is 59.7 Å². The van der Waals surface area contributed by atoms with E-state index in [0.29, 0.717) is 41.2 Å². The maximum absolute atomic E-state index is 14.4. The number of fused-ring (bicyclic) bond motifs is 2. The molecule has 3 aromatic rings. The second kappa shape index (κ2) is 16.5. The smallest absolute Gasteiger partial charge is 0.407 e. The van der Waals surface area contributed by atoms with Crippen LogP contribution in [-0.2, 0) is 30.7 Å². The largest absolute Gasteiger partial charge is 0.494 e. The number of carbonyl (C=O) groups is 1. The Hall–Kier alpha value is -3.49. The minimum atomic E-state index is -4.15. The van der Waals surface area contributed by atoms with Gasteiger partial charge in [-0.1, -0.05) is 63.4 Å². The molecule has 0 spiro atoms. The number of sulfonamides is 1. The van der Waals surface area contributed by atoms with Crippen LogP contribution in [0.4, 0.5) is 4.79 Å². The first kappa shape index (κ1) is 37.3. The Morgan fingerprint density at radius 3 is 2.59 bits per heavy atom. The highest BCUT2D eigenvalue weighted by Crippen LogP contribution is 2.34. The van der Waals surface area contributed by atoms with Crippen LogP contribution in [-0.4, -0.2) is 97.1 Å². The van der Waals surface area contributed by atoms with Crippen molar-refractivity contribution < 1.29 is 37.6 Å². The molecule has 0 bridgehead atoms. The predicted molar refractivity (Wildman–Crippen MR) is 194 cm³/mol. The first-order valence-electron chi connectivity index (χ1n) is 18.3. The fourth-order valence-corrected chi connectivity index (χ4v) is 9.23. The molecule has 3 heterocycles. The molecule has 12 nitrogen and oxygen atoms in total. The lowest BCUT2D eigenvalue weighted by atomic mass is 9.89. The monoisotopic (exact) mass is 724 g/mol. The average Bonchev–Trinajstić information content (AvgIpc) is 3.82. The van der Waals surface area contributed by atoms with Gasteiger partial charge in [0.15, 0.2) is 12.2 Å². The molecule has 1 aliphatic carbocycles. The van der Waals surface area contributed by atoms with E-state index in [1.807, 2.05) is 51.1 Å². The van der Waals surface area contributed by atoms with Crippen LogP contribution in [0.3, 0.4) is 0 Å². The van der Waals surface area contributed by atoms with E-state index in [1.165, 1.54) is 29.6 Å². The minimum absolute atomic E-state index is 0.0322. The lowest BCUT2D eigenvalue weighted by molar-refractivity contribution is -0.0907. The van der Waals surface area contributed by atoms with Crippen LogP contribution in [0, 0.1) is 17.8 Å². The summed E-state index contributed by atoms with van der Waals surface area (Å²) in [6.07, 6.45) is 4.10. The summed E-state index contributed by atoms with van der Waals surface area (Å²) in [5.41, 5.74) is 2.59. The zero-order chi connectivity index (χ0) is 36.1. The van der Waals surface area contributed by atoms with E-state index in [0.717, 1.165) is 24.8 Å². The van der Waals surface area contributed by atoms with Gasteiger partial charge in [0.1, 0.15) is 6.10 Å². The number of aromatic hydroxyl groups is 1. The van der Waals surface area contributed by atoms with E-state index in [4.69, 9.17) is 19.2 Å². The molecule has 3 fully saturated rings. The minimum Gasteiger partial charge on any atom is -0.494 e. The number of aliphatic hydroxyl groups excluding tert-OH is 1. The second-order valence-electron chi connectivity index (χ2n) is 14.7. The standard InChI is InChI=1S/C38H52N4O8S/c1-24(2)21-42(22-33(43)32(18-26-10-6-4-7-11-26)41-38(45)50-34-23-49-37-29(34)16-17-48-37)51(46,47)28-14-15-31-30(19-28)35(36(44)40-31)25(3)39-20-27-12-8-5-9-13-27/h4,6-7,10-11,14-15,19,24,27,29,32-34,37,40,43-44H,5,8-9,12-13,16-18,20-23H2,1-3H3,(H,41,45)/t29?,32-,33+,34-,37?/m0/s1. The summed E-state index contributed by atoms with van der Waals surface area (Å²) in [6.45, 7) is 6.97. The Kier molecular flexibility index (Phi) is 12.0. The highest BCUT2D eigenvalue weighted by Gasteiger charge is 2.44. The molecule has 2 aliphatic heterocycles. The Morgan fingerprint density at radius 2 is 1.84 bits per heavy atom. The predicted octanol–water partition coefficient (Wildman–Crippen LogP) is 5.37. The number of amides is 1. The number of aromatic amines is 1. The summed E-state index contributed by atoms with van der Waals surface area (Å²) in [6, 6.07) is 13.3. The number of nitrogens with zero attached hydrogens (tertiary/aromatic N) is 2. The molecule has 1 amide bonds. The fourth-order valence-electron chi connectivity index (χ4n) is 7.58. The number of alkyl carbamates (subject to hydrolysis) is 1. The van der Waals surface area contributed by atoms with Crippen LogP contribution < -0.4 is 5.32 Å². The van der Waals surface area contributed by atoms with Crippen molar-refractivity contribution in [2.24, 2.45) is 22.7 Å². The first-order chi connectivity index (χ1) is 24.5. The third-order valence-corrected chi connectivity index (χ3v) is 12.2. The highest BCUT2D eigenvalue weighted by molar-refractivity contribution is 7.89. The zero-order valence-corrected chi connectivity index (χ0v) is 30.6. The van der Waals surface area contributed by atoms with Crippen LogP contribution in [0.15, 0.2) is 58.4 Å². The summed E-state index contributed by atoms with van der Waals surface area (Å²) in [5, 5.41) is 26.0. The molecule has 5 atom stereocenters. The maximum Gasteiger partial charge on any atom is 0.407 e. The summed E-state index contributed by atoms with van der Waals surface area (Å²) < 4.78 is 46.9. The third-order valence-electron chi connectivity index (χ3n) is 10.3. The molecule has 3 aliphatic rings. The SMILES string of the molecule is CC(=NCC1CCCCC1)c1c(O)[nH]c2ccc(S(=O)(=O)N(CC(C)C)C[C@@H](O)[C@H](Cc3ccccc3)NC(=O)O[C@H]3COC4OCCC43)cc12. The van der Waals surface area contributed by atoms with Crippen LogP contribution in [0.25, 0.3) is 10.9 Å². The Bertz CT molecular complexity index is 1770. The van der Waals surface area contributed by atoms with Gasteiger partial charge >= 0.3 is 6.09 Å². The van der Waals surface area contributed by atoms with Gasteiger partial charge in [-0.25, -0.2) is 13.2 Å². The normalized spacial score (nSPS) is 22.8. The van der Waals surface area contributed by atoms with Crippen LogP contribution in [0.1, 0.15) is 70.4 Å². The summed E-state index contributed by atoms with van der Waals surface area (Å²) >= 11 is 0. The van der Waals surface area contributed by atoms with E-state index in [9.17, 15) is 23.4 Å². The number of rotatable bonds is 14. The van der Waals surface area contributed by atoms with Crippen LogP contribution in [0.2, 0.25) is 0 Å². The summed E-state index contributed by atoms with van der Waals surface area (Å²) in [5.74, 6) is 0.347. The highest BCUT2D eigenvalue weighted by atomic mass is 32.2. The van der Waals surface area contributed by atoms with E-state index >= 15 is 0 Å². The molecule has 1 saturated carbocycles. The Balaban J connectivity index is 1.23. The molecule has 6 rings (SSSR count). The van der Waals surface area contributed by atoms with Crippen molar-refractivity contribution in [3.63, 3.8) is 0 Å². The van der Waals surface area contributed by atoms with E-state index in [-0.39, 0.29) is 55.0 Å². The van der Waals surface area contributed by atoms with Gasteiger partial charge in [-0.2, -0.15) is 4.31 Å². The molecule has 0 radical (unpaired) electrons. The average molecular weight is 725 g/mol. The molecule has 51 heavy (non-hydrogen) atoms. The molecule has 2 saturated heterocycles. The van der Waals surface area contributed by atoms with Crippen molar-refractivity contribution in [2.75, 3.05) is 32.8 Å². The summed E-state index contributed by atoms with van der Waals surface area (Å²) in [7, 11) is -4.15. The molecule has 2 unspecified atom stereocenters. The topological polar surface area (TPSA) is 163 Å². The molecular formula is C38H52N4O8S. The lowest BCUT2D eigenvalue weighted by Crippen LogP contribution is -2.51. The third kappa shape index (κ3) is 8.94. The van der Waals surface area contributed by atoms with Gasteiger partial charge in [0, 0.05) is 36.2 Å². The van der Waals surface area contributed by atoms with Gasteiger partial charge in [-0.05, 0) is 68.2 Å². The van der Waals surface area contributed by atoms with Gasteiger partial charge in [0.05, 0.1) is 41.7 Å². The number of aromatic nitrogens is 1. The number of hydrogen-bond acceptors (Lipinski definition) is 9. The first-order valence-corrected chi connectivity index (χ1v) is 19.7. The number of aliphatic hydroxyl groups is 1. The van der Waals surface area contributed by atoms with Crippen LogP contribution >= 0.6 is 0 Å². The van der Waals surface area contributed by atoms with Gasteiger partial charge in [0.2, 0.25) is 10.0 Å². The lowest BCUT2D eigenvalue weighted by Gasteiger charge is -2.31. The maximum atomic E-state index is 14.4. The zero-order valence-electron chi connectivity index (χ0n) is 29.8. The number of benzene rings is 2. The van der Waals surface area contributed by atoms with E-state index in [1.54, 1.807) is 12.1 Å². The number of aliphatic imine (C=N–C) groups is 1. The van der Waals surface area contributed by atoms with Crippen LogP contribution in [0.5, 0.6) is 5.88 Å². The number of nitrogens with one attached hydrogen (secondary N) is 2. The molecule has 13 heteroatoms. The molecule has 2 aromatic carbocycles. The van der Waals surface area contributed by atoms with Gasteiger partial charge in [0.25, 0.3) is 0 Å². The number of H-pyrrole nitrogens is 1. The van der Waals surface area contributed by atoms with Crippen molar-refractivity contribution in [1.29, 1.82) is 0 Å². The van der Waals surface area contributed by atoms with E-state index in [2.05, 4.69) is 10.3 Å². The van der Waals surface area contributed by atoms with Gasteiger partial charge in [-0.3, -0.25) is 4.99 Å². The molecule has 278 valence electrons. The van der Waals surface area contributed by atoms with Gasteiger partial charge in [-0.15, -0.1) is 0 Å². The Labute approximate surface area is 300 Å². The summed E-state index contributed by atoms with van der Waals surface area (Å²) in [4.78, 5) is 21.0. The second-order valence-corrected chi connectivity index (χ2v) is 16.6. The number of carbonyl (C=O) groups excluding carboxylic acids is 1. The molecule has 1 aromatic heterocycles. The van der Waals surface area contributed by atoms with Crippen molar-refractivity contribution in [2.45, 2.75) is 95.2 Å². The quantitative estimate of drug-likeness (QED) is 0.161. The number of hydrogen-bond donors (Lipinski definition) is 4. The molecule has 4 N–H and O–H groups in total.